The third kappa shape index (κ3) is 8.99. The third-order valence-electron chi connectivity index (χ3n) is 5.42. The molecular weight excluding hydrogens is 397 g/mol. The molecule has 1 heterocycles. The molecule has 0 aromatic heterocycles. The molecule has 0 bridgehead atoms. The number of likely N-dealkylation sites (N-methyl/N-ethyl adjacent to an activating group) is 1. The molecule has 1 fully saturated rings. The van der Waals surface area contributed by atoms with E-state index in [2.05, 4.69) is 36.3 Å². The molecule has 0 saturated carbocycles. The number of amides is 1. The maximum absolute atomic E-state index is 12.5. The molecule has 1 atom stereocenters. The molecule has 7 heteroatoms. The highest BCUT2D eigenvalue weighted by Crippen LogP contribution is 2.27. The monoisotopic (exact) mass is 433 g/mol. The number of para-hydroxylation sites is 2. The van der Waals surface area contributed by atoms with Gasteiger partial charge in [0.15, 0.2) is 0 Å². The van der Waals surface area contributed by atoms with Gasteiger partial charge in [-0.25, -0.2) is 0 Å². The normalized spacial score (nSPS) is 15.3. The highest BCUT2D eigenvalue weighted by Gasteiger charge is 2.22. The van der Waals surface area contributed by atoms with Gasteiger partial charge in [-0.05, 0) is 63.0 Å². The average Bonchev–Trinajstić information content (AvgIpc) is 2.67. The molecule has 1 unspecified atom stereocenters. The van der Waals surface area contributed by atoms with Crippen molar-refractivity contribution in [3.63, 3.8) is 0 Å². The largest absolute Gasteiger partial charge is 0.490 e. The van der Waals surface area contributed by atoms with Crippen molar-refractivity contribution in [1.82, 2.24) is 10.2 Å². The highest BCUT2D eigenvalue weighted by atomic mass is 35.5. The number of hydrogen-bond donors (Lipinski definition) is 2. The maximum atomic E-state index is 12.5. The summed E-state index contributed by atoms with van der Waals surface area (Å²) in [5.41, 5.74) is 0.773. The van der Waals surface area contributed by atoms with E-state index in [4.69, 9.17) is 4.74 Å². The molecule has 5 nitrogen and oxygen atoms in total. The number of carbonyl (C=O) groups excluding carboxylic acids is 1. The number of piperidine rings is 1. The molecule has 1 aliphatic rings. The van der Waals surface area contributed by atoms with Crippen LogP contribution in [-0.4, -0.2) is 50.1 Å². The van der Waals surface area contributed by atoms with Crippen molar-refractivity contribution < 1.29 is 9.53 Å². The fourth-order valence-corrected chi connectivity index (χ4v) is 3.59. The number of halogens is 2. The van der Waals surface area contributed by atoms with Crippen LogP contribution in [0.4, 0.5) is 5.69 Å². The summed E-state index contributed by atoms with van der Waals surface area (Å²) >= 11 is 0. The van der Waals surface area contributed by atoms with Crippen molar-refractivity contribution in [2.45, 2.75) is 40.0 Å². The Morgan fingerprint density at radius 2 is 1.86 bits per heavy atom. The molecule has 0 aliphatic carbocycles. The summed E-state index contributed by atoms with van der Waals surface area (Å²) in [4.78, 5) is 14.8. The molecule has 2 N–H and O–H groups in total. The number of anilines is 1. The maximum Gasteiger partial charge on any atom is 0.224 e. The van der Waals surface area contributed by atoms with Gasteiger partial charge in [-0.3, -0.25) is 4.79 Å². The smallest absolute Gasteiger partial charge is 0.224 e. The molecule has 1 aromatic rings. The van der Waals surface area contributed by atoms with Crippen LogP contribution < -0.4 is 15.4 Å². The quantitative estimate of drug-likeness (QED) is 0.579. The van der Waals surface area contributed by atoms with Gasteiger partial charge < -0.3 is 20.3 Å². The van der Waals surface area contributed by atoms with Crippen LogP contribution in [0.1, 0.15) is 40.0 Å². The van der Waals surface area contributed by atoms with Crippen LogP contribution in [0.5, 0.6) is 5.75 Å². The Labute approximate surface area is 182 Å². The second kappa shape index (κ2) is 14.9. The minimum atomic E-state index is 0. The first-order valence-corrected chi connectivity index (χ1v) is 10.1. The topological polar surface area (TPSA) is 53.6 Å². The molecule has 0 radical (unpaired) electrons. The lowest BCUT2D eigenvalue weighted by molar-refractivity contribution is -0.117. The Morgan fingerprint density at radius 1 is 1.21 bits per heavy atom. The van der Waals surface area contributed by atoms with E-state index in [0.29, 0.717) is 24.9 Å². The van der Waals surface area contributed by atoms with Gasteiger partial charge in [0.1, 0.15) is 12.4 Å². The van der Waals surface area contributed by atoms with E-state index in [1.807, 2.05) is 24.3 Å². The molecule has 2 rings (SSSR count). The Morgan fingerprint density at radius 3 is 2.50 bits per heavy atom. The van der Waals surface area contributed by atoms with E-state index >= 15 is 0 Å². The second-order valence-corrected chi connectivity index (χ2v) is 7.19. The molecule has 1 saturated heterocycles. The number of ether oxygens (including phenoxy) is 1. The lowest BCUT2D eigenvalue weighted by Crippen LogP contribution is -2.32. The number of hydrogen-bond acceptors (Lipinski definition) is 4. The lowest BCUT2D eigenvalue weighted by Gasteiger charge is -2.28. The summed E-state index contributed by atoms with van der Waals surface area (Å²) in [5.74, 6) is 1.88. The molecule has 1 amide bonds. The highest BCUT2D eigenvalue weighted by molar-refractivity contribution is 5.92. The Hall–Kier alpha value is -1.01. The molecular formula is C21H37Cl2N3O2. The fraction of sp³-hybridized carbons (Fsp3) is 0.667. The van der Waals surface area contributed by atoms with Crippen molar-refractivity contribution in [1.29, 1.82) is 0 Å². The van der Waals surface area contributed by atoms with Gasteiger partial charge in [0.05, 0.1) is 5.69 Å². The SMILES string of the molecule is CCN(CC)CCOc1ccccc1NC(=O)CC(C)C1CCNCC1.Cl.Cl. The lowest BCUT2D eigenvalue weighted by atomic mass is 9.84. The fourth-order valence-electron chi connectivity index (χ4n) is 3.59. The van der Waals surface area contributed by atoms with Crippen LogP contribution in [0.15, 0.2) is 24.3 Å². The van der Waals surface area contributed by atoms with Crippen molar-refractivity contribution in [3.8, 4) is 5.75 Å². The van der Waals surface area contributed by atoms with Gasteiger partial charge in [0, 0.05) is 13.0 Å². The summed E-state index contributed by atoms with van der Waals surface area (Å²) in [6, 6.07) is 7.72. The zero-order valence-electron chi connectivity index (χ0n) is 17.4. The number of benzene rings is 1. The zero-order valence-corrected chi connectivity index (χ0v) is 19.0. The van der Waals surface area contributed by atoms with Crippen LogP contribution >= 0.6 is 24.8 Å². The molecule has 162 valence electrons. The number of nitrogens with one attached hydrogen (secondary N) is 2. The van der Waals surface area contributed by atoms with Gasteiger partial charge in [0.25, 0.3) is 0 Å². The summed E-state index contributed by atoms with van der Waals surface area (Å²) in [7, 11) is 0. The second-order valence-electron chi connectivity index (χ2n) is 7.19. The van der Waals surface area contributed by atoms with Gasteiger partial charge >= 0.3 is 0 Å². The number of carbonyl (C=O) groups is 1. The van der Waals surface area contributed by atoms with Crippen LogP contribution in [0.2, 0.25) is 0 Å². The van der Waals surface area contributed by atoms with Crippen molar-refractivity contribution in [3.05, 3.63) is 24.3 Å². The first-order chi connectivity index (χ1) is 12.6. The van der Waals surface area contributed by atoms with Crippen molar-refractivity contribution in [2.75, 3.05) is 44.6 Å². The molecule has 0 spiro atoms. The average molecular weight is 434 g/mol. The van der Waals surface area contributed by atoms with Crippen molar-refractivity contribution >= 4 is 36.4 Å². The summed E-state index contributed by atoms with van der Waals surface area (Å²) in [5, 5.41) is 6.44. The number of rotatable bonds is 10. The Kier molecular flexibility index (Phi) is 14.4. The molecule has 28 heavy (non-hydrogen) atoms. The summed E-state index contributed by atoms with van der Waals surface area (Å²) < 4.78 is 5.93. The van der Waals surface area contributed by atoms with E-state index in [1.54, 1.807) is 0 Å². The first kappa shape index (κ1) is 27.0. The predicted octanol–water partition coefficient (Wildman–Crippen LogP) is 4.22. The molecule has 1 aromatic carbocycles. The van der Waals surface area contributed by atoms with Crippen LogP contribution in [0, 0.1) is 11.8 Å². The molecule has 1 aliphatic heterocycles. The van der Waals surface area contributed by atoms with E-state index in [0.717, 1.165) is 44.2 Å². The summed E-state index contributed by atoms with van der Waals surface area (Å²) in [6.45, 7) is 12.2. The van der Waals surface area contributed by atoms with Gasteiger partial charge in [-0.2, -0.15) is 0 Å². The number of nitrogens with zero attached hydrogens (tertiary/aromatic N) is 1. The Balaban J connectivity index is 0.00000364. The van der Waals surface area contributed by atoms with Gasteiger partial charge in [0.2, 0.25) is 5.91 Å². The Bertz CT molecular complexity index is 550. The predicted molar refractivity (Wildman–Crippen MR) is 122 cm³/mol. The first-order valence-electron chi connectivity index (χ1n) is 10.1. The minimum Gasteiger partial charge on any atom is -0.490 e. The van der Waals surface area contributed by atoms with Gasteiger partial charge in [-0.15, -0.1) is 24.8 Å². The summed E-state index contributed by atoms with van der Waals surface area (Å²) in [6.07, 6.45) is 2.90. The van der Waals surface area contributed by atoms with Crippen LogP contribution in [0.3, 0.4) is 0 Å². The standard InChI is InChI=1S/C21H35N3O2.2ClH/c1-4-24(5-2)14-15-26-20-9-7-6-8-19(20)23-21(25)16-17(3)18-10-12-22-13-11-18;;/h6-9,17-18,22H,4-5,10-16H2,1-3H3,(H,23,25);2*1H. The minimum absolute atomic E-state index is 0. The third-order valence-corrected chi connectivity index (χ3v) is 5.42. The van der Waals surface area contributed by atoms with E-state index in [1.165, 1.54) is 12.8 Å². The van der Waals surface area contributed by atoms with Crippen molar-refractivity contribution in [2.24, 2.45) is 11.8 Å². The van der Waals surface area contributed by atoms with Crippen LogP contribution in [-0.2, 0) is 4.79 Å². The van der Waals surface area contributed by atoms with Gasteiger partial charge in [-0.1, -0.05) is 32.9 Å². The van der Waals surface area contributed by atoms with Crippen LogP contribution in [0.25, 0.3) is 0 Å². The van der Waals surface area contributed by atoms with E-state index in [9.17, 15) is 4.79 Å². The van der Waals surface area contributed by atoms with E-state index < -0.39 is 0 Å². The zero-order chi connectivity index (χ0) is 18.8. The van der Waals surface area contributed by atoms with E-state index in [-0.39, 0.29) is 30.7 Å².